The van der Waals surface area contributed by atoms with E-state index in [2.05, 4.69) is 0 Å². The van der Waals surface area contributed by atoms with Gasteiger partial charge < -0.3 is 14.7 Å². The van der Waals surface area contributed by atoms with Gasteiger partial charge in [-0.2, -0.15) is 0 Å². The number of aliphatic carboxylic acids is 1. The zero-order chi connectivity index (χ0) is 14.4. The van der Waals surface area contributed by atoms with Crippen LogP contribution in [0.1, 0.15) is 27.2 Å². The molecule has 2 aliphatic heterocycles. The highest BCUT2D eigenvalue weighted by atomic mass is 16.6. The van der Waals surface area contributed by atoms with E-state index in [1.54, 1.807) is 20.8 Å². The van der Waals surface area contributed by atoms with Gasteiger partial charge in [-0.05, 0) is 40.8 Å². The predicted octanol–water partition coefficient (Wildman–Crippen LogP) is 1.01. The van der Waals surface area contributed by atoms with Crippen molar-refractivity contribution in [3.8, 4) is 0 Å². The Balaban J connectivity index is 2.14. The highest BCUT2D eigenvalue weighted by Crippen LogP contribution is 2.40. The normalized spacial score (nSPS) is 31.4. The van der Waals surface area contributed by atoms with Crippen LogP contribution in [0.4, 0.5) is 4.79 Å². The first-order valence-corrected chi connectivity index (χ1v) is 6.59. The molecule has 2 saturated heterocycles. The minimum atomic E-state index is -0.934. The van der Waals surface area contributed by atoms with Gasteiger partial charge in [0, 0.05) is 12.5 Å². The molecule has 2 fully saturated rings. The molecule has 2 aliphatic rings. The summed E-state index contributed by atoms with van der Waals surface area (Å²) in [5.74, 6) is -0.855. The molecule has 1 amide bonds. The molecule has 0 aliphatic carbocycles. The number of ether oxygens (including phenoxy) is 1. The van der Waals surface area contributed by atoms with Crippen LogP contribution in [0.15, 0.2) is 0 Å². The third-order valence-electron chi connectivity index (χ3n) is 4.06. The third kappa shape index (κ3) is 2.29. The lowest BCUT2D eigenvalue weighted by Gasteiger charge is -2.31. The van der Waals surface area contributed by atoms with E-state index in [1.165, 1.54) is 4.90 Å². The van der Waals surface area contributed by atoms with Crippen molar-refractivity contribution in [1.82, 2.24) is 9.80 Å². The fraction of sp³-hybridized carbons (Fsp3) is 0.846. The average Bonchev–Trinajstić information content (AvgIpc) is 2.75. The van der Waals surface area contributed by atoms with Crippen molar-refractivity contribution in [3.63, 3.8) is 0 Å². The quantitative estimate of drug-likeness (QED) is 0.770. The van der Waals surface area contributed by atoms with Gasteiger partial charge in [0.15, 0.2) is 0 Å². The van der Waals surface area contributed by atoms with Gasteiger partial charge in [-0.1, -0.05) is 0 Å². The van der Waals surface area contributed by atoms with Crippen LogP contribution in [0.5, 0.6) is 0 Å². The second kappa shape index (κ2) is 4.37. The minimum absolute atomic E-state index is 0.0116. The molecule has 0 aromatic carbocycles. The van der Waals surface area contributed by atoms with Crippen molar-refractivity contribution in [2.45, 2.75) is 38.3 Å². The zero-order valence-electron chi connectivity index (χ0n) is 12.0. The Morgan fingerprint density at radius 3 is 2.47 bits per heavy atom. The van der Waals surface area contributed by atoms with Crippen molar-refractivity contribution in [1.29, 1.82) is 0 Å². The molecule has 0 spiro atoms. The number of likely N-dealkylation sites (tertiary alicyclic amines) is 2. The van der Waals surface area contributed by atoms with Gasteiger partial charge in [-0.15, -0.1) is 0 Å². The molecule has 0 radical (unpaired) electrons. The SMILES string of the molecule is CN1CCC2CN(C(=O)OC(C)(C)C)C[C@@]21C(=O)O. The molecular formula is C13H22N2O4. The number of likely N-dealkylation sites (N-methyl/N-ethyl adjacent to an activating group) is 1. The van der Waals surface area contributed by atoms with Crippen LogP contribution in [-0.4, -0.2) is 64.8 Å². The standard InChI is InChI=1S/C13H22N2O4/c1-12(2,3)19-11(18)15-7-9-5-6-14(4)13(9,8-15)10(16)17/h9H,5-8H2,1-4H3,(H,16,17)/t9?,13-/m0/s1. The average molecular weight is 270 g/mol. The number of nitrogens with zero attached hydrogens (tertiary/aromatic N) is 2. The molecule has 108 valence electrons. The van der Waals surface area contributed by atoms with E-state index in [0.717, 1.165) is 13.0 Å². The van der Waals surface area contributed by atoms with Crippen LogP contribution in [0.3, 0.4) is 0 Å². The molecular weight excluding hydrogens is 248 g/mol. The van der Waals surface area contributed by atoms with Crippen LogP contribution in [0.2, 0.25) is 0 Å². The summed E-state index contributed by atoms with van der Waals surface area (Å²) in [4.78, 5) is 27.1. The molecule has 0 bridgehead atoms. The maximum Gasteiger partial charge on any atom is 0.410 e. The van der Waals surface area contributed by atoms with Crippen molar-refractivity contribution in [3.05, 3.63) is 0 Å². The smallest absolute Gasteiger partial charge is 0.410 e. The fourth-order valence-electron chi connectivity index (χ4n) is 3.08. The van der Waals surface area contributed by atoms with Crippen LogP contribution in [-0.2, 0) is 9.53 Å². The summed E-state index contributed by atoms with van der Waals surface area (Å²) in [6, 6.07) is 0. The molecule has 1 unspecified atom stereocenters. The van der Waals surface area contributed by atoms with E-state index >= 15 is 0 Å². The van der Waals surface area contributed by atoms with Gasteiger partial charge in [0.2, 0.25) is 0 Å². The van der Waals surface area contributed by atoms with Crippen molar-refractivity contribution >= 4 is 12.1 Å². The Hall–Kier alpha value is -1.30. The number of hydrogen-bond donors (Lipinski definition) is 1. The Morgan fingerprint density at radius 1 is 1.37 bits per heavy atom. The van der Waals surface area contributed by atoms with Gasteiger partial charge in [0.25, 0.3) is 0 Å². The highest BCUT2D eigenvalue weighted by Gasteiger charge is 2.59. The van der Waals surface area contributed by atoms with E-state index < -0.39 is 23.2 Å². The van der Waals surface area contributed by atoms with Crippen LogP contribution in [0, 0.1) is 5.92 Å². The van der Waals surface area contributed by atoms with Gasteiger partial charge >= 0.3 is 12.1 Å². The first-order chi connectivity index (χ1) is 8.67. The maximum absolute atomic E-state index is 12.1. The summed E-state index contributed by atoms with van der Waals surface area (Å²) in [7, 11) is 1.81. The van der Waals surface area contributed by atoms with Gasteiger partial charge in [0.1, 0.15) is 11.1 Å². The number of carboxylic acids is 1. The molecule has 2 heterocycles. The van der Waals surface area contributed by atoms with Crippen LogP contribution < -0.4 is 0 Å². The van der Waals surface area contributed by atoms with Crippen LogP contribution >= 0.6 is 0 Å². The zero-order valence-corrected chi connectivity index (χ0v) is 12.0. The molecule has 2 rings (SSSR count). The van der Waals surface area contributed by atoms with Gasteiger partial charge in [-0.3, -0.25) is 9.69 Å². The second-order valence-electron chi connectivity index (χ2n) is 6.50. The summed E-state index contributed by atoms with van der Waals surface area (Å²) >= 11 is 0. The topological polar surface area (TPSA) is 70.1 Å². The summed E-state index contributed by atoms with van der Waals surface area (Å²) < 4.78 is 5.32. The van der Waals surface area contributed by atoms with Gasteiger partial charge in [0.05, 0.1) is 6.54 Å². The lowest BCUT2D eigenvalue weighted by Crippen LogP contribution is -2.54. The summed E-state index contributed by atoms with van der Waals surface area (Å²) in [6.07, 6.45) is 0.387. The third-order valence-corrected chi connectivity index (χ3v) is 4.06. The number of hydrogen-bond acceptors (Lipinski definition) is 4. The van der Waals surface area contributed by atoms with Crippen molar-refractivity contribution in [2.24, 2.45) is 5.92 Å². The fourth-order valence-corrected chi connectivity index (χ4v) is 3.08. The lowest BCUT2D eigenvalue weighted by atomic mass is 9.88. The van der Waals surface area contributed by atoms with E-state index in [-0.39, 0.29) is 12.5 Å². The molecule has 19 heavy (non-hydrogen) atoms. The number of carboxylic acid groups (broad SMARTS) is 1. The summed E-state index contributed by atoms with van der Waals surface area (Å²) in [5.41, 5.74) is -1.49. The molecule has 0 aromatic heterocycles. The van der Waals surface area contributed by atoms with E-state index in [1.807, 2.05) is 11.9 Å². The first kappa shape index (κ1) is 14.1. The Bertz CT molecular complexity index is 404. The Labute approximate surface area is 113 Å². The molecule has 0 aromatic rings. The number of rotatable bonds is 1. The summed E-state index contributed by atoms with van der Waals surface area (Å²) in [6.45, 7) is 6.85. The molecule has 2 atom stereocenters. The molecule has 0 saturated carbocycles. The predicted molar refractivity (Wildman–Crippen MR) is 68.9 cm³/mol. The number of fused-ring (bicyclic) bond motifs is 1. The first-order valence-electron chi connectivity index (χ1n) is 6.59. The van der Waals surface area contributed by atoms with E-state index in [9.17, 15) is 14.7 Å². The second-order valence-corrected chi connectivity index (χ2v) is 6.50. The van der Waals surface area contributed by atoms with Crippen molar-refractivity contribution in [2.75, 3.05) is 26.7 Å². The minimum Gasteiger partial charge on any atom is -0.480 e. The Morgan fingerprint density at radius 2 is 2.00 bits per heavy atom. The number of amides is 1. The van der Waals surface area contributed by atoms with Gasteiger partial charge in [-0.25, -0.2) is 4.79 Å². The molecule has 6 heteroatoms. The van der Waals surface area contributed by atoms with E-state index in [0.29, 0.717) is 6.54 Å². The number of carbonyl (C=O) groups excluding carboxylic acids is 1. The monoisotopic (exact) mass is 270 g/mol. The highest BCUT2D eigenvalue weighted by molar-refractivity contribution is 5.82. The van der Waals surface area contributed by atoms with Crippen molar-refractivity contribution < 1.29 is 19.4 Å². The maximum atomic E-state index is 12.1. The largest absolute Gasteiger partial charge is 0.480 e. The lowest BCUT2D eigenvalue weighted by molar-refractivity contribution is -0.149. The summed E-state index contributed by atoms with van der Waals surface area (Å²) in [5, 5.41) is 9.56. The molecule has 6 nitrogen and oxygen atoms in total. The molecule has 1 N–H and O–H groups in total. The number of carbonyl (C=O) groups is 2. The Kier molecular flexibility index (Phi) is 3.24. The van der Waals surface area contributed by atoms with Crippen LogP contribution in [0.25, 0.3) is 0 Å². The van der Waals surface area contributed by atoms with E-state index in [4.69, 9.17) is 4.74 Å².